The molecule has 0 aliphatic heterocycles. The summed E-state index contributed by atoms with van der Waals surface area (Å²) in [6, 6.07) is 0. The average Bonchev–Trinajstić information content (AvgIpc) is 1.30. The van der Waals surface area contributed by atoms with Gasteiger partial charge in [-0.25, -0.2) is 5.84 Å². The molecule has 0 aromatic heterocycles. The Morgan fingerprint density at radius 2 is 2.14 bits per heavy atom. The molecule has 7 heavy (non-hydrogen) atoms. The van der Waals surface area contributed by atoms with Gasteiger partial charge in [-0.15, -0.1) is 5.59 Å². The SMILES string of the molecule is CS(=O)(=O)ONN. The zero-order valence-corrected chi connectivity index (χ0v) is 4.53. The van der Waals surface area contributed by atoms with Gasteiger partial charge in [0.15, 0.2) is 0 Å². The third kappa shape index (κ3) is 5.83. The van der Waals surface area contributed by atoms with Gasteiger partial charge in [-0.05, 0) is 0 Å². The van der Waals surface area contributed by atoms with Crippen molar-refractivity contribution in [3.8, 4) is 0 Å². The number of hydrogen-bond acceptors (Lipinski definition) is 5. The van der Waals surface area contributed by atoms with E-state index in [1.165, 1.54) is 5.59 Å². The third-order valence-electron chi connectivity index (χ3n) is 0.199. The topological polar surface area (TPSA) is 81.4 Å². The van der Waals surface area contributed by atoms with E-state index in [1.54, 1.807) is 0 Å². The monoisotopic (exact) mass is 126 g/mol. The lowest BCUT2D eigenvalue weighted by atomic mass is 12.0. The van der Waals surface area contributed by atoms with Gasteiger partial charge >= 0.3 is 0 Å². The molecule has 0 bridgehead atoms. The van der Waals surface area contributed by atoms with Gasteiger partial charge < -0.3 is 0 Å². The summed E-state index contributed by atoms with van der Waals surface area (Å²) < 4.78 is 23.5. The lowest BCUT2D eigenvalue weighted by Crippen LogP contribution is -2.25. The minimum atomic E-state index is -3.41. The van der Waals surface area contributed by atoms with Crippen molar-refractivity contribution in [1.82, 2.24) is 5.59 Å². The van der Waals surface area contributed by atoms with Crippen molar-refractivity contribution < 1.29 is 12.7 Å². The maximum absolute atomic E-state index is 9.87. The predicted octanol–water partition coefficient (Wildman–Crippen LogP) is -1.66. The molecule has 3 N–H and O–H groups in total. The molecule has 0 radical (unpaired) electrons. The van der Waals surface area contributed by atoms with Gasteiger partial charge in [0.05, 0.1) is 6.26 Å². The van der Waals surface area contributed by atoms with E-state index in [2.05, 4.69) is 10.1 Å². The van der Waals surface area contributed by atoms with Crippen LogP contribution in [0.3, 0.4) is 0 Å². The van der Waals surface area contributed by atoms with E-state index in [1.807, 2.05) is 0 Å². The largest absolute Gasteiger partial charge is 0.281 e. The average molecular weight is 126 g/mol. The van der Waals surface area contributed by atoms with Gasteiger partial charge in [-0.3, -0.25) is 0 Å². The van der Waals surface area contributed by atoms with Crippen LogP contribution in [0, 0.1) is 0 Å². The molecule has 0 saturated heterocycles. The standard InChI is InChI=1S/CH6N2O3S/c1-7(4,5)6-3-2/h3H,2H2,1H3. The van der Waals surface area contributed by atoms with Gasteiger partial charge in [-0.1, -0.05) is 0 Å². The van der Waals surface area contributed by atoms with E-state index in [0.29, 0.717) is 0 Å². The molecule has 0 spiro atoms. The second-order valence-electron chi connectivity index (χ2n) is 0.905. The molecule has 0 heterocycles. The summed E-state index contributed by atoms with van der Waals surface area (Å²) in [5.74, 6) is 4.46. The van der Waals surface area contributed by atoms with Crippen molar-refractivity contribution in [2.45, 2.75) is 0 Å². The summed E-state index contributed by atoms with van der Waals surface area (Å²) >= 11 is 0. The van der Waals surface area contributed by atoms with Gasteiger partial charge in [0.25, 0.3) is 10.1 Å². The minimum absolute atomic E-state index is 0.882. The molecule has 0 aromatic rings. The van der Waals surface area contributed by atoms with Crippen LogP contribution in [0.1, 0.15) is 0 Å². The first-order chi connectivity index (χ1) is 3.06. The van der Waals surface area contributed by atoms with Crippen LogP contribution in [0.5, 0.6) is 0 Å². The molecule has 0 aliphatic rings. The molecule has 0 saturated carbocycles. The zero-order valence-electron chi connectivity index (χ0n) is 3.71. The summed E-state index contributed by atoms with van der Waals surface area (Å²) in [6.45, 7) is 0. The maximum Gasteiger partial charge on any atom is 0.281 e. The molecule has 0 fully saturated rings. The molecule has 0 rings (SSSR count). The van der Waals surface area contributed by atoms with Gasteiger partial charge in [0.2, 0.25) is 0 Å². The fraction of sp³-hybridized carbons (Fsp3) is 1.00. The van der Waals surface area contributed by atoms with E-state index in [4.69, 9.17) is 0 Å². The Balaban J connectivity index is 3.60. The van der Waals surface area contributed by atoms with E-state index < -0.39 is 10.1 Å². The highest BCUT2D eigenvalue weighted by molar-refractivity contribution is 7.85. The minimum Gasteiger partial charge on any atom is -0.247 e. The molecule has 0 amide bonds. The van der Waals surface area contributed by atoms with Crippen LogP contribution in [0.25, 0.3) is 0 Å². The van der Waals surface area contributed by atoms with Crippen LogP contribution in [-0.2, 0) is 14.4 Å². The van der Waals surface area contributed by atoms with E-state index in [-0.39, 0.29) is 0 Å². The molecule has 44 valence electrons. The van der Waals surface area contributed by atoms with Crippen molar-refractivity contribution in [2.75, 3.05) is 6.26 Å². The number of hydrogen-bond donors (Lipinski definition) is 2. The van der Waals surface area contributed by atoms with Crippen LogP contribution in [0.15, 0.2) is 0 Å². The fourth-order valence-electron chi connectivity index (χ4n) is 0.0874. The van der Waals surface area contributed by atoms with Crippen LogP contribution in [0.4, 0.5) is 0 Å². The van der Waals surface area contributed by atoms with Crippen molar-refractivity contribution in [2.24, 2.45) is 5.84 Å². The Kier molecular flexibility index (Phi) is 2.16. The lowest BCUT2D eigenvalue weighted by molar-refractivity contribution is 0.209. The highest BCUT2D eigenvalue weighted by Gasteiger charge is 1.95. The van der Waals surface area contributed by atoms with Crippen LogP contribution in [-0.4, -0.2) is 14.7 Å². The molecule has 0 aromatic carbocycles. The second-order valence-corrected chi connectivity index (χ2v) is 2.48. The first-order valence-corrected chi connectivity index (χ1v) is 3.22. The van der Waals surface area contributed by atoms with Crippen LogP contribution < -0.4 is 11.4 Å². The highest BCUT2D eigenvalue weighted by atomic mass is 32.2. The molecule has 6 heteroatoms. The normalized spacial score (nSPS) is 11.7. The molecule has 0 atom stereocenters. The van der Waals surface area contributed by atoms with E-state index in [9.17, 15) is 8.42 Å². The van der Waals surface area contributed by atoms with E-state index >= 15 is 0 Å². The molecular weight excluding hydrogens is 120 g/mol. The molecular formula is CH6N2O3S. The van der Waals surface area contributed by atoms with Crippen LogP contribution >= 0.6 is 0 Å². The first-order valence-electron chi connectivity index (χ1n) is 1.40. The third-order valence-corrected chi connectivity index (χ3v) is 0.598. The van der Waals surface area contributed by atoms with Crippen LogP contribution in [0.2, 0.25) is 0 Å². The Labute approximate surface area is 41.5 Å². The number of hydrazine groups is 1. The summed E-state index contributed by atoms with van der Waals surface area (Å²) in [4.78, 5) is 0. The van der Waals surface area contributed by atoms with Crippen molar-refractivity contribution in [1.29, 1.82) is 0 Å². The Hall–Kier alpha value is -0.170. The molecule has 0 aliphatic carbocycles. The molecule has 5 nitrogen and oxygen atoms in total. The van der Waals surface area contributed by atoms with E-state index in [0.717, 1.165) is 6.26 Å². The summed E-state index contributed by atoms with van der Waals surface area (Å²) in [5.41, 5.74) is 1.52. The maximum atomic E-state index is 9.87. The smallest absolute Gasteiger partial charge is 0.247 e. The van der Waals surface area contributed by atoms with Gasteiger partial charge in [0, 0.05) is 0 Å². The fourth-order valence-corrected chi connectivity index (χ4v) is 0.262. The lowest BCUT2D eigenvalue weighted by Gasteiger charge is -1.91. The predicted molar refractivity (Wildman–Crippen MR) is 23.3 cm³/mol. The highest BCUT2D eigenvalue weighted by Crippen LogP contribution is 1.75. The Bertz CT molecular complexity index is 126. The zero-order chi connectivity index (χ0) is 5.91. The Morgan fingerprint density at radius 3 is 2.14 bits per heavy atom. The number of nitrogens with one attached hydrogen (secondary N) is 1. The van der Waals surface area contributed by atoms with Gasteiger partial charge in [-0.2, -0.15) is 12.7 Å². The van der Waals surface area contributed by atoms with Crippen molar-refractivity contribution >= 4 is 10.1 Å². The Morgan fingerprint density at radius 1 is 1.71 bits per heavy atom. The van der Waals surface area contributed by atoms with Crippen molar-refractivity contribution in [3.05, 3.63) is 0 Å². The summed E-state index contributed by atoms with van der Waals surface area (Å²) in [5, 5.41) is 0. The van der Waals surface area contributed by atoms with Gasteiger partial charge in [0.1, 0.15) is 0 Å². The number of nitrogens with two attached hydrogens (primary N) is 1. The first kappa shape index (κ1) is 6.83. The molecule has 0 unspecified atom stereocenters. The second kappa shape index (κ2) is 2.22. The summed E-state index contributed by atoms with van der Waals surface area (Å²) in [7, 11) is -3.41. The summed E-state index contributed by atoms with van der Waals surface area (Å²) in [6.07, 6.45) is 0.882. The number of rotatable bonds is 2. The quantitative estimate of drug-likeness (QED) is 0.342. The van der Waals surface area contributed by atoms with Crippen molar-refractivity contribution in [3.63, 3.8) is 0 Å².